The van der Waals surface area contributed by atoms with Gasteiger partial charge in [0, 0.05) is 25.9 Å². The highest BCUT2D eigenvalue weighted by molar-refractivity contribution is 5.76. The lowest BCUT2D eigenvalue weighted by Gasteiger charge is -2.14. The van der Waals surface area contributed by atoms with Gasteiger partial charge >= 0.3 is 0 Å². The first kappa shape index (κ1) is 42.9. The molecule has 0 bridgehead atoms. The van der Waals surface area contributed by atoms with Crippen LogP contribution >= 0.6 is 0 Å². The van der Waals surface area contributed by atoms with Crippen LogP contribution in [0.25, 0.3) is 0 Å². The van der Waals surface area contributed by atoms with Gasteiger partial charge in [0.2, 0.25) is 11.8 Å². The lowest BCUT2D eigenvalue weighted by molar-refractivity contribution is -0.121. The fourth-order valence-corrected chi connectivity index (χ4v) is 6.14. The van der Waals surface area contributed by atoms with Gasteiger partial charge in [-0.1, -0.05) is 201 Å². The summed E-state index contributed by atoms with van der Waals surface area (Å²) in [6.45, 7) is 7.96. The molecule has 4 nitrogen and oxygen atoms in total. The van der Waals surface area contributed by atoms with E-state index in [2.05, 4.69) is 31.4 Å². The highest BCUT2D eigenvalue weighted by Gasteiger charge is 2.08. The predicted octanol–water partition coefficient (Wildman–Crippen LogP) is 12.4. The third-order valence-electron chi connectivity index (χ3n) is 9.31. The Bertz CT molecular complexity index is 544. The van der Waals surface area contributed by atoms with Crippen LogP contribution < -0.4 is 10.6 Å². The molecule has 0 aliphatic heterocycles. The SMILES string of the molecule is CCCCCCCCCCCCCCCCCC(=O)NCC(C)CNC(=O)CCCCCCCCCCCCCCCCC. The van der Waals surface area contributed by atoms with E-state index >= 15 is 0 Å². The fraction of sp³-hybridized carbons (Fsp3) is 0.950. The van der Waals surface area contributed by atoms with Crippen molar-refractivity contribution >= 4 is 11.8 Å². The van der Waals surface area contributed by atoms with Gasteiger partial charge in [-0.05, 0) is 18.8 Å². The van der Waals surface area contributed by atoms with Gasteiger partial charge in [-0.3, -0.25) is 9.59 Å². The number of rotatable bonds is 36. The highest BCUT2D eigenvalue weighted by Crippen LogP contribution is 2.15. The molecule has 0 aromatic rings. The average molecular weight is 621 g/mol. The molecule has 0 aliphatic carbocycles. The van der Waals surface area contributed by atoms with Crippen LogP contribution in [0, 0.1) is 5.92 Å². The van der Waals surface area contributed by atoms with Crippen LogP contribution in [0.5, 0.6) is 0 Å². The average Bonchev–Trinajstić information content (AvgIpc) is 3.02. The first-order chi connectivity index (χ1) is 21.6. The zero-order valence-corrected chi connectivity index (χ0v) is 30.4. The first-order valence-electron chi connectivity index (χ1n) is 20.1. The van der Waals surface area contributed by atoms with Crippen LogP contribution in [0.2, 0.25) is 0 Å². The van der Waals surface area contributed by atoms with Gasteiger partial charge in [0.25, 0.3) is 0 Å². The molecule has 4 heteroatoms. The summed E-state index contributed by atoms with van der Waals surface area (Å²) in [4.78, 5) is 24.4. The summed E-state index contributed by atoms with van der Waals surface area (Å²) in [5, 5.41) is 6.13. The molecule has 0 saturated carbocycles. The maximum atomic E-state index is 12.2. The van der Waals surface area contributed by atoms with Crippen LogP contribution in [0.3, 0.4) is 0 Å². The van der Waals surface area contributed by atoms with Crippen molar-refractivity contribution in [3.63, 3.8) is 0 Å². The Kier molecular flexibility index (Phi) is 35.5. The monoisotopic (exact) mass is 621 g/mol. The molecule has 0 atom stereocenters. The molecular formula is C40H80N2O2. The lowest BCUT2D eigenvalue weighted by atomic mass is 10.0. The van der Waals surface area contributed by atoms with Crippen molar-refractivity contribution in [1.29, 1.82) is 0 Å². The Balaban J connectivity index is 3.37. The summed E-state index contributed by atoms with van der Waals surface area (Å²) in [5.74, 6) is 0.594. The largest absolute Gasteiger partial charge is 0.356 e. The lowest BCUT2D eigenvalue weighted by Crippen LogP contribution is -2.35. The van der Waals surface area contributed by atoms with Crippen LogP contribution in [0.15, 0.2) is 0 Å². The smallest absolute Gasteiger partial charge is 0.220 e. The number of nitrogens with one attached hydrogen (secondary N) is 2. The maximum absolute atomic E-state index is 12.2. The summed E-state index contributed by atoms with van der Waals surface area (Å²) in [7, 11) is 0. The summed E-state index contributed by atoms with van der Waals surface area (Å²) < 4.78 is 0. The van der Waals surface area contributed by atoms with Gasteiger partial charge in [0.1, 0.15) is 0 Å². The quantitative estimate of drug-likeness (QED) is 0.0685. The highest BCUT2D eigenvalue weighted by atomic mass is 16.2. The number of carbonyl (C=O) groups excluding carboxylic acids is 2. The second-order valence-corrected chi connectivity index (χ2v) is 14.1. The number of carbonyl (C=O) groups is 2. The molecule has 44 heavy (non-hydrogen) atoms. The van der Waals surface area contributed by atoms with Crippen molar-refractivity contribution in [3.8, 4) is 0 Å². The van der Waals surface area contributed by atoms with E-state index in [4.69, 9.17) is 0 Å². The van der Waals surface area contributed by atoms with E-state index in [1.54, 1.807) is 0 Å². The molecule has 0 aromatic heterocycles. The molecule has 0 fully saturated rings. The first-order valence-corrected chi connectivity index (χ1v) is 20.1. The van der Waals surface area contributed by atoms with Gasteiger partial charge < -0.3 is 10.6 Å². The Morgan fingerprint density at radius 2 is 0.568 bits per heavy atom. The van der Waals surface area contributed by atoms with E-state index in [1.807, 2.05) is 0 Å². The number of hydrogen-bond acceptors (Lipinski definition) is 2. The minimum atomic E-state index is 0.163. The molecule has 2 amide bonds. The van der Waals surface area contributed by atoms with Crippen LogP contribution in [0.1, 0.15) is 226 Å². The summed E-state index contributed by atoms with van der Waals surface area (Å²) in [6, 6.07) is 0. The summed E-state index contributed by atoms with van der Waals surface area (Å²) in [6.07, 6.45) is 41.6. The van der Waals surface area contributed by atoms with Gasteiger partial charge in [-0.25, -0.2) is 0 Å². The molecule has 0 heterocycles. The third kappa shape index (κ3) is 35.4. The Labute approximate surface area is 276 Å². The molecule has 0 saturated heterocycles. The zero-order chi connectivity index (χ0) is 32.2. The van der Waals surface area contributed by atoms with E-state index < -0.39 is 0 Å². The van der Waals surface area contributed by atoms with Crippen molar-refractivity contribution in [2.75, 3.05) is 13.1 Å². The molecule has 0 aliphatic rings. The van der Waals surface area contributed by atoms with Gasteiger partial charge in [0.05, 0.1) is 0 Å². The fourth-order valence-electron chi connectivity index (χ4n) is 6.14. The molecule has 0 rings (SSSR count). The summed E-state index contributed by atoms with van der Waals surface area (Å²) >= 11 is 0. The second kappa shape index (κ2) is 36.4. The van der Waals surface area contributed by atoms with E-state index in [1.165, 1.54) is 167 Å². The van der Waals surface area contributed by atoms with Crippen molar-refractivity contribution in [2.45, 2.75) is 226 Å². The molecule has 2 N–H and O–H groups in total. The minimum absolute atomic E-state index is 0.163. The van der Waals surface area contributed by atoms with E-state index in [0.29, 0.717) is 25.9 Å². The van der Waals surface area contributed by atoms with E-state index in [9.17, 15) is 9.59 Å². The Morgan fingerprint density at radius 1 is 0.364 bits per heavy atom. The van der Waals surface area contributed by atoms with Crippen molar-refractivity contribution in [1.82, 2.24) is 10.6 Å². The molecular weight excluding hydrogens is 540 g/mol. The summed E-state index contributed by atoms with van der Waals surface area (Å²) in [5.41, 5.74) is 0. The molecule has 0 radical (unpaired) electrons. The normalized spacial score (nSPS) is 11.4. The zero-order valence-electron chi connectivity index (χ0n) is 30.4. The van der Waals surface area contributed by atoms with Crippen molar-refractivity contribution < 1.29 is 9.59 Å². The molecule has 0 aromatic carbocycles. The standard InChI is InChI=1S/C40H80N2O2/c1-4-6-8-10-12-14-16-18-20-22-24-26-28-30-32-34-39(43)41-36-38(3)37-42-40(44)35-33-31-29-27-25-23-21-19-17-15-13-11-9-7-5-2/h38H,4-37H2,1-3H3,(H,41,43)(H,42,44). The number of amides is 2. The van der Waals surface area contributed by atoms with Crippen molar-refractivity contribution in [3.05, 3.63) is 0 Å². The Hall–Kier alpha value is -1.06. The molecule has 262 valence electrons. The number of hydrogen-bond donors (Lipinski definition) is 2. The Morgan fingerprint density at radius 3 is 0.795 bits per heavy atom. The van der Waals surface area contributed by atoms with E-state index in [0.717, 1.165) is 25.7 Å². The van der Waals surface area contributed by atoms with Crippen LogP contribution in [-0.2, 0) is 9.59 Å². The predicted molar refractivity (Wildman–Crippen MR) is 194 cm³/mol. The van der Waals surface area contributed by atoms with E-state index in [-0.39, 0.29) is 17.7 Å². The van der Waals surface area contributed by atoms with Gasteiger partial charge in [0.15, 0.2) is 0 Å². The third-order valence-corrected chi connectivity index (χ3v) is 9.31. The molecule has 0 spiro atoms. The topological polar surface area (TPSA) is 58.2 Å². The van der Waals surface area contributed by atoms with Gasteiger partial charge in [-0.15, -0.1) is 0 Å². The van der Waals surface area contributed by atoms with Crippen molar-refractivity contribution in [2.24, 2.45) is 5.92 Å². The van der Waals surface area contributed by atoms with Crippen LogP contribution in [-0.4, -0.2) is 24.9 Å². The van der Waals surface area contributed by atoms with Crippen LogP contribution in [0.4, 0.5) is 0 Å². The number of unbranched alkanes of at least 4 members (excludes halogenated alkanes) is 28. The maximum Gasteiger partial charge on any atom is 0.220 e. The second-order valence-electron chi connectivity index (χ2n) is 14.1. The van der Waals surface area contributed by atoms with Gasteiger partial charge in [-0.2, -0.15) is 0 Å². The minimum Gasteiger partial charge on any atom is -0.356 e. The molecule has 0 unspecified atom stereocenters.